The predicted octanol–water partition coefficient (Wildman–Crippen LogP) is 4.01. The van der Waals surface area contributed by atoms with Crippen LogP contribution in [0, 0.1) is 19.8 Å². The van der Waals surface area contributed by atoms with E-state index in [0.717, 1.165) is 17.8 Å². The largest absolute Gasteiger partial charge is 0.332 e. The van der Waals surface area contributed by atoms with Crippen LogP contribution in [0.1, 0.15) is 23.6 Å². The Morgan fingerprint density at radius 1 is 1.03 bits per heavy atom. The van der Waals surface area contributed by atoms with E-state index in [-0.39, 0.29) is 17.8 Å². The molecule has 4 aromatic rings. The van der Waals surface area contributed by atoms with Gasteiger partial charge in [0.2, 0.25) is 5.95 Å². The van der Waals surface area contributed by atoms with E-state index in [9.17, 15) is 9.59 Å². The maximum Gasteiger partial charge on any atom is 0.332 e. The van der Waals surface area contributed by atoms with Crippen molar-refractivity contribution in [3.8, 4) is 0 Å². The molecule has 0 spiro atoms. The van der Waals surface area contributed by atoms with Crippen LogP contribution < -0.4 is 16.1 Å². The lowest BCUT2D eigenvalue weighted by molar-refractivity contribution is 0.458. The number of imidazole rings is 1. The van der Waals surface area contributed by atoms with Crippen molar-refractivity contribution in [2.45, 2.75) is 33.9 Å². The molecule has 0 radical (unpaired) electrons. The first-order valence-electron chi connectivity index (χ1n) is 11.6. The standard InChI is InChI=1S/C27H29N5O2/c1-18-16-31(22-13-12-19(2)20(3)15-22)26-28-24-23(32(26)17-18)25(33)30(27(34)29(24)4)14-8-11-21-9-6-5-7-10-21/h5-13,15,18H,14,16-17H2,1-4H3/b11-8+. The minimum Gasteiger partial charge on any atom is -0.312 e. The zero-order chi connectivity index (χ0) is 24.0. The zero-order valence-corrected chi connectivity index (χ0v) is 20.0. The van der Waals surface area contributed by atoms with Gasteiger partial charge < -0.3 is 9.47 Å². The molecule has 7 heteroatoms. The van der Waals surface area contributed by atoms with Crippen molar-refractivity contribution in [1.82, 2.24) is 18.7 Å². The average Bonchev–Trinajstić information content (AvgIpc) is 3.21. The maximum atomic E-state index is 13.6. The molecule has 0 bridgehead atoms. The van der Waals surface area contributed by atoms with Crippen LogP contribution in [0.2, 0.25) is 0 Å². The number of nitrogens with zero attached hydrogens (tertiary/aromatic N) is 5. The van der Waals surface area contributed by atoms with E-state index in [0.29, 0.717) is 29.6 Å². The van der Waals surface area contributed by atoms with Crippen LogP contribution in [-0.4, -0.2) is 25.2 Å². The number of hydrogen-bond donors (Lipinski definition) is 0. The van der Waals surface area contributed by atoms with E-state index in [1.807, 2.05) is 47.1 Å². The molecule has 1 aliphatic rings. The summed E-state index contributed by atoms with van der Waals surface area (Å²) in [6, 6.07) is 16.2. The van der Waals surface area contributed by atoms with Crippen LogP contribution in [0.3, 0.4) is 0 Å². The first kappa shape index (κ1) is 21.9. The van der Waals surface area contributed by atoms with Gasteiger partial charge >= 0.3 is 5.69 Å². The van der Waals surface area contributed by atoms with E-state index in [4.69, 9.17) is 4.98 Å². The molecule has 7 nitrogen and oxygen atoms in total. The SMILES string of the molecule is Cc1ccc(N2CC(C)Cn3c2nc2c3c(=O)n(C/C=C/c3ccccc3)c(=O)n2C)cc1C. The Kier molecular flexibility index (Phi) is 5.48. The molecule has 5 rings (SSSR count). The van der Waals surface area contributed by atoms with Crippen molar-refractivity contribution in [3.63, 3.8) is 0 Å². The molecule has 0 N–H and O–H groups in total. The molecule has 3 heterocycles. The molecule has 0 fully saturated rings. The summed E-state index contributed by atoms with van der Waals surface area (Å²) >= 11 is 0. The number of aromatic nitrogens is 4. The van der Waals surface area contributed by atoms with Gasteiger partial charge in [-0.1, -0.05) is 55.5 Å². The second-order valence-corrected chi connectivity index (χ2v) is 9.25. The van der Waals surface area contributed by atoms with Crippen molar-refractivity contribution in [1.29, 1.82) is 0 Å². The molecule has 174 valence electrons. The van der Waals surface area contributed by atoms with Crippen LogP contribution in [0.5, 0.6) is 0 Å². The molecular weight excluding hydrogens is 426 g/mol. The highest BCUT2D eigenvalue weighted by atomic mass is 16.2. The van der Waals surface area contributed by atoms with Gasteiger partial charge in [0.15, 0.2) is 11.2 Å². The Morgan fingerprint density at radius 2 is 1.79 bits per heavy atom. The first-order valence-corrected chi connectivity index (χ1v) is 11.6. The van der Waals surface area contributed by atoms with Gasteiger partial charge in [-0.25, -0.2) is 4.79 Å². The predicted molar refractivity (Wildman–Crippen MR) is 137 cm³/mol. The third-order valence-electron chi connectivity index (χ3n) is 6.64. The van der Waals surface area contributed by atoms with E-state index >= 15 is 0 Å². The maximum absolute atomic E-state index is 13.6. The molecule has 1 aliphatic heterocycles. The lowest BCUT2D eigenvalue weighted by atomic mass is 10.1. The molecule has 2 aromatic carbocycles. The average molecular weight is 456 g/mol. The fraction of sp³-hybridized carbons (Fsp3) is 0.296. The molecule has 2 aromatic heterocycles. The minimum atomic E-state index is -0.364. The highest BCUT2D eigenvalue weighted by molar-refractivity contribution is 5.77. The highest BCUT2D eigenvalue weighted by Gasteiger charge is 2.29. The Labute approximate surface area is 198 Å². The summed E-state index contributed by atoms with van der Waals surface area (Å²) in [6.45, 7) is 8.05. The molecule has 34 heavy (non-hydrogen) atoms. The van der Waals surface area contributed by atoms with Gasteiger partial charge in [0, 0.05) is 32.4 Å². The molecular formula is C27H29N5O2. The Morgan fingerprint density at radius 3 is 2.53 bits per heavy atom. The molecule has 0 amide bonds. The van der Waals surface area contributed by atoms with Gasteiger partial charge in [0.1, 0.15) is 0 Å². The van der Waals surface area contributed by atoms with Gasteiger partial charge in [-0.05, 0) is 48.6 Å². The Bertz CT molecular complexity index is 1520. The van der Waals surface area contributed by atoms with Crippen LogP contribution in [-0.2, 0) is 20.1 Å². The second-order valence-electron chi connectivity index (χ2n) is 9.25. The molecule has 0 saturated carbocycles. The van der Waals surface area contributed by atoms with Gasteiger partial charge in [-0.3, -0.25) is 13.9 Å². The number of allylic oxidation sites excluding steroid dienone is 1. The molecule has 1 atom stereocenters. The molecule has 1 unspecified atom stereocenters. The quantitative estimate of drug-likeness (QED) is 0.466. The van der Waals surface area contributed by atoms with Crippen molar-refractivity contribution in [2.24, 2.45) is 13.0 Å². The van der Waals surface area contributed by atoms with Gasteiger partial charge in [-0.15, -0.1) is 0 Å². The fourth-order valence-corrected chi connectivity index (χ4v) is 4.64. The smallest absolute Gasteiger partial charge is 0.312 e. The number of benzene rings is 2. The summed E-state index contributed by atoms with van der Waals surface area (Å²) in [5, 5.41) is 0. The lowest BCUT2D eigenvalue weighted by Crippen LogP contribution is -2.40. The van der Waals surface area contributed by atoms with E-state index in [1.54, 1.807) is 7.05 Å². The van der Waals surface area contributed by atoms with Crippen LogP contribution in [0.4, 0.5) is 11.6 Å². The highest BCUT2D eigenvalue weighted by Crippen LogP contribution is 2.33. The summed E-state index contributed by atoms with van der Waals surface area (Å²) in [7, 11) is 1.68. The third kappa shape index (κ3) is 3.67. The monoisotopic (exact) mass is 455 g/mol. The molecule has 0 aliphatic carbocycles. The normalized spacial score (nSPS) is 15.9. The van der Waals surface area contributed by atoms with Crippen LogP contribution >= 0.6 is 0 Å². The Balaban J connectivity index is 1.63. The van der Waals surface area contributed by atoms with E-state index < -0.39 is 0 Å². The van der Waals surface area contributed by atoms with Gasteiger partial charge in [0.05, 0.1) is 0 Å². The van der Waals surface area contributed by atoms with Crippen LogP contribution in [0.25, 0.3) is 17.2 Å². The Hall–Kier alpha value is -3.87. The number of hydrogen-bond acceptors (Lipinski definition) is 4. The second kappa shape index (κ2) is 8.48. The number of fused-ring (bicyclic) bond motifs is 3. The van der Waals surface area contributed by atoms with Crippen molar-refractivity contribution < 1.29 is 0 Å². The summed E-state index contributed by atoms with van der Waals surface area (Å²) in [5.41, 5.74) is 4.74. The number of rotatable bonds is 4. The summed E-state index contributed by atoms with van der Waals surface area (Å²) in [5.74, 6) is 1.02. The van der Waals surface area contributed by atoms with E-state index in [1.165, 1.54) is 20.3 Å². The summed E-state index contributed by atoms with van der Waals surface area (Å²) in [4.78, 5) is 33.6. The number of anilines is 2. The van der Waals surface area contributed by atoms with Crippen molar-refractivity contribution >= 4 is 28.9 Å². The molecule has 0 saturated heterocycles. The summed E-state index contributed by atoms with van der Waals surface area (Å²) in [6.07, 6.45) is 3.77. The first-order chi connectivity index (χ1) is 16.3. The third-order valence-corrected chi connectivity index (χ3v) is 6.64. The van der Waals surface area contributed by atoms with Gasteiger partial charge in [-0.2, -0.15) is 4.98 Å². The summed E-state index contributed by atoms with van der Waals surface area (Å²) < 4.78 is 4.76. The van der Waals surface area contributed by atoms with Gasteiger partial charge in [0.25, 0.3) is 5.56 Å². The zero-order valence-electron chi connectivity index (χ0n) is 20.0. The topological polar surface area (TPSA) is 65.1 Å². The van der Waals surface area contributed by atoms with E-state index in [2.05, 4.69) is 43.9 Å². The minimum absolute atomic E-state index is 0.202. The van der Waals surface area contributed by atoms with Crippen LogP contribution in [0.15, 0.2) is 64.2 Å². The lowest BCUT2D eigenvalue weighted by Gasteiger charge is -2.33. The van der Waals surface area contributed by atoms with Crippen molar-refractivity contribution in [2.75, 3.05) is 11.4 Å². The van der Waals surface area contributed by atoms with Crippen molar-refractivity contribution in [3.05, 3.63) is 92.1 Å². The fourth-order valence-electron chi connectivity index (χ4n) is 4.64. The number of aryl methyl sites for hydroxylation is 3.